The number of fused-ring (bicyclic) bond motifs is 1. The highest BCUT2D eigenvalue weighted by Gasteiger charge is 2.09. The molecule has 86 valence electrons. The molecule has 0 radical (unpaired) electrons. The Morgan fingerprint density at radius 3 is 3.12 bits per heavy atom. The number of rotatable bonds is 4. The lowest BCUT2D eigenvalue weighted by Crippen LogP contribution is -2.03. The first-order valence-corrected chi connectivity index (χ1v) is 6.24. The minimum Gasteiger partial charge on any atom is -0.399 e. The SMILES string of the molecule is CCOCS(=O)c1nc2ccc(N)cc2[nH]1. The summed E-state index contributed by atoms with van der Waals surface area (Å²) in [5, 5.41) is 0.425. The molecule has 0 fully saturated rings. The second-order valence-electron chi connectivity index (χ2n) is 3.27. The van der Waals surface area contributed by atoms with Crippen LogP contribution >= 0.6 is 0 Å². The van der Waals surface area contributed by atoms with E-state index in [0.29, 0.717) is 17.5 Å². The highest BCUT2D eigenvalue weighted by molar-refractivity contribution is 7.84. The van der Waals surface area contributed by atoms with Crippen LogP contribution in [0.2, 0.25) is 0 Å². The average molecular weight is 239 g/mol. The quantitative estimate of drug-likeness (QED) is 0.787. The molecule has 6 heteroatoms. The lowest BCUT2D eigenvalue weighted by atomic mass is 10.3. The van der Waals surface area contributed by atoms with Crippen LogP contribution in [0.15, 0.2) is 23.4 Å². The van der Waals surface area contributed by atoms with Crippen LogP contribution in [0.25, 0.3) is 11.0 Å². The number of anilines is 1. The van der Waals surface area contributed by atoms with Crippen molar-refractivity contribution in [3.63, 3.8) is 0 Å². The lowest BCUT2D eigenvalue weighted by Gasteiger charge is -1.97. The van der Waals surface area contributed by atoms with Crippen LogP contribution in [-0.2, 0) is 15.5 Å². The summed E-state index contributed by atoms with van der Waals surface area (Å²) >= 11 is 0. The number of hydrogen-bond acceptors (Lipinski definition) is 4. The van der Waals surface area contributed by atoms with Gasteiger partial charge in [-0.25, -0.2) is 9.19 Å². The molecule has 1 heterocycles. The van der Waals surface area contributed by atoms with Crippen LogP contribution in [0.1, 0.15) is 6.92 Å². The van der Waals surface area contributed by atoms with Gasteiger partial charge in [0.2, 0.25) is 0 Å². The number of H-pyrrole nitrogens is 1. The van der Waals surface area contributed by atoms with E-state index in [4.69, 9.17) is 10.5 Å². The van der Waals surface area contributed by atoms with Crippen molar-refractivity contribution in [2.45, 2.75) is 12.1 Å². The van der Waals surface area contributed by atoms with Gasteiger partial charge in [-0.1, -0.05) is 0 Å². The van der Waals surface area contributed by atoms with Gasteiger partial charge in [0.25, 0.3) is 0 Å². The first-order valence-electron chi connectivity index (χ1n) is 4.92. The van der Waals surface area contributed by atoms with Gasteiger partial charge >= 0.3 is 0 Å². The molecule has 3 N–H and O–H groups in total. The minimum absolute atomic E-state index is 0.159. The summed E-state index contributed by atoms with van der Waals surface area (Å²) in [7, 11) is -1.25. The number of aromatic amines is 1. The van der Waals surface area contributed by atoms with E-state index in [1.165, 1.54) is 0 Å². The van der Waals surface area contributed by atoms with E-state index in [9.17, 15) is 4.21 Å². The fraction of sp³-hybridized carbons (Fsp3) is 0.300. The van der Waals surface area contributed by atoms with E-state index >= 15 is 0 Å². The van der Waals surface area contributed by atoms with Crippen LogP contribution < -0.4 is 5.73 Å². The maximum Gasteiger partial charge on any atom is 0.199 e. The van der Waals surface area contributed by atoms with Gasteiger partial charge in [-0.3, -0.25) is 0 Å². The summed E-state index contributed by atoms with van der Waals surface area (Å²) in [6, 6.07) is 5.32. The molecule has 1 aromatic carbocycles. The molecule has 0 spiro atoms. The van der Waals surface area contributed by atoms with Gasteiger partial charge in [0.05, 0.1) is 11.0 Å². The fourth-order valence-electron chi connectivity index (χ4n) is 1.33. The van der Waals surface area contributed by atoms with Gasteiger partial charge in [0.1, 0.15) is 16.7 Å². The van der Waals surface area contributed by atoms with Crippen molar-refractivity contribution in [2.24, 2.45) is 0 Å². The number of hydrogen-bond donors (Lipinski definition) is 2. The number of ether oxygens (including phenoxy) is 1. The number of nitrogens with two attached hydrogens (primary N) is 1. The van der Waals surface area contributed by atoms with Gasteiger partial charge in [0.15, 0.2) is 5.16 Å². The molecule has 5 nitrogen and oxygen atoms in total. The number of imidazole rings is 1. The third kappa shape index (κ3) is 2.23. The summed E-state index contributed by atoms with van der Waals surface area (Å²) in [5.74, 6) is 0.159. The van der Waals surface area contributed by atoms with Crippen molar-refractivity contribution in [2.75, 3.05) is 18.3 Å². The molecule has 0 amide bonds. The number of aromatic nitrogens is 2. The van der Waals surface area contributed by atoms with Crippen LogP contribution in [0.3, 0.4) is 0 Å². The molecule has 0 aliphatic carbocycles. The summed E-state index contributed by atoms with van der Waals surface area (Å²) in [5.41, 5.74) is 7.84. The van der Waals surface area contributed by atoms with E-state index in [-0.39, 0.29) is 5.94 Å². The van der Waals surface area contributed by atoms with Gasteiger partial charge in [-0.2, -0.15) is 0 Å². The molecule has 2 rings (SSSR count). The Hall–Kier alpha value is -1.40. The summed E-state index contributed by atoms with van der Waals surface area (Å²) in [6.45, 7) is 2.40. The smallest absolute Gasteiger partial charge is 0.199 e. The Morgan fingerprint density at radius 2 is 2.38 bits per heavy atom. The zero-order chi connectivity index (χ0) is 11.5. The Kier molecular flexibility index (Phi) is 3.21. The van der Waals surface area contributed by atoms with Gasteiger partial charge in [-0.05, 0) is 25.1 Å². The highest BCUT2D eigenvalue weighted by atomic mass is 32.2. The molecule has 2 aromatic rings. The van der Waals surface area contributed by atoms with Crippen molar-refractivity contribution in [1.29, 1.82) is 0 Å². The predicted octanol–water partition coefficient (Wildman–Crippen LogP) is 1.25. The van der Waals surface area contributed by atoms with E-state index in [0.717, 1.165) is 11.0 Å². The topological polar surface area (TPSA) is 81.0 Å². The first kappa shape index (κ1) is 11.1. The summed E-state index contributed by atoms with van der Waals surface area (Å²) in [4.78, 5) is 7.19. The molecule has 0 aliphatic heterocycles. The average Bonchev–Trinajstić information content (AvgIpc) is 2.68. The molecule has 1 unspecified atom stereocenters. The molecular formula is C10H13N3O2S. The molecule has 1 aromatic heterocycles. The lowest BCUT2D eigenvalue weighted by molar-refractivity contribution is 0.195. The number of nitrogens with one attached hydrogen (secondary N) is 1. The fourth-order valence-corrected chi connectivity index (χ4v) is 2.18. The van der Waals surface area contributed by atoms with E-state index < -0.39 is 10.8 Å². The van der Waals surface area contributed by atoms with Crippen molar-refractivity contribution >= 4 is 27.5 Å². The van der Waals surface area contributed by atoms with Crippen LogP contribution in [-0.4, -0.2) is 26.7 Å². The Bertz CT molecular complexity index is 524. The molecule has 1 atom stereocenters. The predicted molar refractivity (Wildman–Crippen MR) is 63.4 cm³/mol. The molecule has 0 saturated heterocycles. The first-order chi connectivity index (χ1) is 7.70. The van der Waals surface area contributed by atoms with E-state index in [1.807, 2.05) is 6.92 Å². The van der Waals surface area contributed by atoms with E-state index in [1.54, 1.807) is 18.2 Å². The van der Waals surface area contributed by atoms with Gasteiger partial charge in [-0.15, -0.1) is 0 Å². The Morgan fingerprint density at radius 1 is 1.56 bits per heavy atom. The number of nitrogen functional groups attached to an aromatic ring is 1. The molecular weight excluding hydrogens is 226 g/mol. The summed E-state index contributed by atoms with van der Waals surface area (Å²) < 4.78 is 16.8. The second-order valence-corrected chi connectivity index (χ2v) is 4.59. The largest absolute Gasteiger partial charge is 0.399 e. The highest BCUT2D eigenvalue weighted by Crippen LogP contribution is 2.16. The third-order valence-corrected chi connectivity index (χ3v) is 3.10. The van der Waals surface area contributed by atoms with Gasteiger partial charge < -0.3 is 15.5 Å². The Balaban J connectivity index is 2.28. The van der Waals surface area contributed by atoms with Crippen molar-refractivity contribution in [3.05, 3.63) is 18.2 Å². The monoisotopic (exact) mass is 239 g/mol. The number of nitrogens with zero attached hydrogens (tertiary/aromatic N) is 1. The van der Waals surface area contributed by atoms with Crippen LogP contribution in [0, 0.1) is 0 Å². The number of benzene rings is 1. The van der Waals surface area contributed by atoms with Gasteiger partial charge in [0, 0.05) is 12.3 Å². The maximum atomic E-state index is 11.7. The maximum absolute atomic E-state index is 11.7. The van der Waals surface area contributed by atoms with Crippen molar-refractivity contribution in [3.8, 4) is 0 Å². The van der Waals surface area contributed by atoms with E-state index in [2.05, 4.69) is 9.97 Å². The van der Waals surface area contributed by atoms with Crippen molar-refractivity contribution < 1.29 is 8.95 Å². The van der Waals surface area contributed by atoms with Crippen LogP contribution in [0.4, 0.5) is 5.69 Å². The van der Waals surface area contributed by atoms with Crippen molar-refractivity contribution in [1.82, 2.24) is 9.97 Å². The normalized spacial score (nSPS) is 13.1. The molecule has 0 saturated carbocycles. The second kappa shape index (κ2) is 4.63. The Labute approximate surface area is 95.5 Å². The standard InChI is InChI=1S/C10H13N3O2S/c1-2-15-6-16(14)10-12-8-4-3-7(11)5-9(8)13-10/h3-5H,2,6,11H2,1H3,(H,12,13). The zero-order valence-electron chi connectivity index (χ0n) is 8.90. The third-order valence-electron chi connectivity index (χ3n) is 2.09. The molecule has 16 heavy (non-hydrogen) atoms. The minimum atomic E-state index is -1.25. The molecule has 0 aliphatic rings. The van der Waals surface area contributed by atoms with Crippen LogP contribution in [0.5, 0.6) is 0 Å². The summed E-state index contributed by atoms with van der Waals surface area (Å²) in [6.07, 6.45) is 0. The zero-order valence-corrected chi connectivity index (χ0v) is 9.71. The molecule has 0 bridgehead atoms.